The first-order valence-corrected chi connectivity index (χ1v) is 8.06. The Morgan fingerprint density at radius 3 is 2.19 bits per heavy atom. The molecule has 0 fully saturated rings. The summed E-state index contributed by atoms with van der Waals surface area (Å²) in [5.74, 6) is -3.37. The molecule has 0 aliphatic heterocycles. The standard InChI is InChI=1S/C17H22F4N2O3/c1-4-26-15(25)16(17(19,20)21,23-14(24)9-11(2)3)22-10-12-5-7-13(18)8-6-12/h5-8,11,22H,4,9-10H2,1-3H3,(H,23,24)/t16-/m1/s1. The van der Waals surface area contributed by atoms with Gasteiger partial charge in [-0.1, -0.05) is 26.0 Å². The number of carbonyl (C=O) groups is 2. The van der Waals surface area contributed by atoms with E-state index in [0.717, 1.165) is 12.1 Å². The van der Waals surface area contributed by atoms with Gasteiger partial charge in [0.1, 0.15) is 5.82 Å². The van der Waals surface area contributed by atoms with Gasteiger partial charge in [-0.05, 0) is 30.5 Å². The van der Waals surface area contributed by atoms with Gasteiger partial charge in [0.2, 0.25) is 5.91 Å². The number of ether oxygens (including phenoxy) is 1. The molecule has 0 spiro atoms. The first kappa shape index (κ1) is 21.9. The Morgan fingerprint density at radius 1 is 1.15 bits per heavy atom. The molecule has 0 heterocycles. The highest BCUT2D eigenvalue weighted by molar-refractivity contribution is 5.88. The molecule has 1 amide bonds. The van der Waals surface area contributed by atoms with E-state index in [0.29, 0.717) is 5.56 Å². The molecule has 2 N–H and O–H groups in total. The van der Waals surface area contributed by atoms with E-state index in [1.54, 1.807) is 19.2 Å². The first-order valence-electron chi connectivity index (χ1n) is 8.06. The summed E-state index contributed by atoms with van der Waals surface area (Å²) in [4.78, 5) is 24.1. The van der Waals surface area contributed by atoms with Crippen molar-refractivity contribution in [1.29, 1.82) is 0 Å². The summed E-state index contributed by atoms with van der Waals surface area (Å²) in [5.41, 5.74) is -3.11. The molecule has 0 aromatic heterocycles. The number of halogens is 4. The predicted octanol–water partition coefficient (Wildman–Crippen LogP) is 2.90. The number of benzene rings is 1. The minimum absolute atomic E-state index is 0.199. The SMILES string of the molecule is CCOC(=O)[C@@](NCc1ccc(F)cc1)(NC(=O)CC(C)C)C(F)(F)F. The van der Waals surface area contributed by atoms with Crippen LogP contribution in [0, 0.1) is 11.7 Å². The van der Waals surface area contributed by atoms with Crippen molar-refractivity contribution in [3.8, 4) is 0 Å². The van der Waals surface area contributed by atoms with Gasteiger partial charge in [0, 0.05) is 13.0 Å². The summed E-state index contributed by atoms with van der Waals surface area (Å²) in [6.07, 6.45) is -5.36. The van der Waals surface area contributed by atoms with Gasteiger partial charge < -0.3 is 10.1 Å². The van der Waals surface area contributed by atoms with Crippen molar-refractivity contribution >= 4 is 11.9 Å². The van der Waals surface area contributed by atoms with Crippen LogP contribution < -0.4 is 10.6 Å². The molecule has 146 valence electrons. The third-order valence-corrected chi connectivity index (χ3v) is 3.40. The van der Waals surface area contributed by atoms with E-state index in [1.807, 2.05) is 5.32 Å². The van der Waals surface area contributed by atoms with Crippen LogP contribution in [0.3, 0.4) is 0 Å². The topological polar surface area (TPSA) is 67.4 Å². The van der Waals surface area contributed by atoms with Crippen molar-refractivity contribution in [3.05, 3.63) is 35.6 Å². The van der Waals surface area contributed by atoms with Crippen LogP contribution in [-0.2, 0) is 20.9 Å². The van der Waals surface area contributed by atoms with Gasteiger partial charge in [-0.25, -0.2) is 9.18 Å². The first-order chi connectivity index (χ1) is 12.0. The van der Waals surface area contributed by atoms with Crippen LogP contribution >= 0.6 is 0 Å². The Morgan fingerprint density at radius 2 is 1.73 bits per heavy atom. The van der Waals surface area contributed by atoms with Gasteiger partial charge in [0.25, 0.3) is 5.66 Å². The third-order valence-electron chi connectivity index (χ3n) is 3.40. The lowest BCUT2D eigenvalue weighted by molar-refractivity contribution is -0.222. The van der Waals surface area contributed by atoms with E-state index in [1.165, 1.54) is 19.1 Å². The van der Waals surface area contributed by atoms with E-state index >= 15 is 0 Å². The van der Waals surface area contributed by atoms with Gasteiger partial charge in [-0.3, -0.25) is 10.1 Å². The van der Waals surface area contributed by atoms with Crippen LogP contribution in [0.25, 0.3) is 0 Å². The maximum atomic E-state index is 13.8. The van der Waals surface area contributed by atoms with E-state index < -0.39 is 36.1 Å². The molecular formula is C17H22F4N2O3. The molecule has 9 heteroatoms. The summed E-state index contributed by atoms with van der Waals surface area (Å²) < 4.78 is 58.8. The molecule has 0 aliphatic rings. The minimum atomic E-state index is -5.16. The average molecular weight is 378 g/mol. The smallest absolute Gasteiger partial charge is 0.436 e. The Labute approximate surface area is 149 Å². The van der Waals surface area contributed by atoms with E-state index in [9.17, 15) is 27.2 Å². The number of nitrogens with one attached hydrogen (secondary N) is 2. The summed E-state index contributed by atoms with van der Waals surface area (Å²) in [5, 5.41) is 3.79. The number of rotatable bonds is 8. The van der Waals surface area contributed by atoms with Crippen LogP contribution in [0.5, 0.6) is 0 Å². The molecule has 26 heavy (non-hydrogen) atoms. The molecule has 0 unspecified atom stereocenters. The van der Waals surface area contributed by atoms with Gasteiger partial charge in [0.15, 0.2) is 0 Å². The fraction of sp³-hybridized carbons (Fsp3) is 0.529. The van der Waals surface area contributed by atoms with Crippen LogP contribution in [0.2, 0.25) is 0 Å². The lowest BCUT2D eigenvalue weighted by Crippen LogP contribution is -2.72. The number of hydrogen-bond acceptors (Lipinski definition) is 4. The second-order valence-corrected chi connectivity index (χ2v) is 6.09. The fourth-order valence-electron chi connectivity index (χ4n) is 2.16. The zero-order valence-electron chi connectivity index (χ0n) is 14.7. The van der Waals surface area contributed by atoms with Gasteiger partial charge in [0.05, 0.1) is 6.61 Å². The number of carbonyl (C=O) groups excluding carboxylic acids is 2. The predicted molar refractivity (Wildman–Crippen MR) is 86.3 cm³/mol. The zero-order valence-corrected chi connectivity index (χ0v) is 14.7. The highest BCUT2D eigenvalue weighted by Gasteiger charge is 2.63. The Bertz CT molecular complexity index is 617. The third kappa shape index (κ3) is 5.69. The second-order valence-electron chi connectivity index (χ2n) is 6.09. The lowest BCUT2D eigenvalue weighted by atomic mass is 10.1. The van der Waals surface area contributed by atoms with Crippen molar-refractivity contribution in [1.82, 2.24) is 10.6 Å². The number of hydrogen-bond donors (Lipinski definition) is 2. The Hall–Kier alpha value is -2.16. The maximum Gasteiger partial charge on any atom is 0.436 e. The zero-order chi connectivity index (χ0) is 20.0. The van der Waals surface area contributed by atoms with Crippen molar-refractivity contribution in [2.45, 2.75) is 45.6 Å². The molecule has 1 rings (SSSR count). The Balaban J connectivity index is 3.16. The summed E-state index contributed by atoms with van der Waals surface area (Å²) >= 11 is 0. The van der Waals surface area contributed by atoms with E-state index in [-0.39, 0.29) is 18.9 Å². The van der Waals surface area contributed by atoms with Gasteiger partial charge in [-0.2, -0.15) is 13.2 Å². The van der Waals surface area contributed by atoms with Crippen molar-refractivity contribution in [3.63, 3.8) is 0 Å². The molecule has 0 aliphatic carbocycles. The lowest BCUT2D eigenvalue weighted by Gasteiger charge is -2.35. The largest absolute Gasteiger partial charge is 0.463 e. The van der Waals surface area contributed by atoms with E-state index in [2.05, 4.69) is 4.74 Å². The molecule has 1 aromatic carbocycles. The molecule has 1 atom stereocenters. The van der Waals surface area contributed by atoms with Crippen molar-refractivity contribution < 1.29 is 31.9 Å². The highest BCUT2D eigenvalue weighted by Crippen LogP contribution is 2.30. The molecule has 5 nitrogen and oxygen atoms in total. The number of alkyl halides is 3. The summed E-state index contributed by atoms with van der Waals surface area (Å²) in [6.45, 7) is 3.93. The van der Waals surface area contributed by atoms with Crippen LogP contribution in [-0.4, -0.2) is 30.3 Å². The maximum absolute atomic E-state index is 13.8. The summed E-state index contributed by atoms with van der Waals surface area (Å²) in [6, 6.07) is 4.69. The Kier molecular flexibility index (Phi) is 7.55. The van der Waals surface area contributed by atoms with Gasteiger partial charge >= 0.3 is 12.1 Å². The molecule has 0 bridgehead atoms. The second kappa shape index (κ2) is 8.98. The average Bonchev–Trinajstić information content (AvgIpc) is 2.51. The number of esters is 1. The van der Waals surface area contributed by atoms with Crippen LogP contribution in [0.4, 0.5) is 17.6 Å². The molecule has 1 aromatic rings. The van der Waals surface area contributed by atoms with E-state index in [4.69, 9.17) is 0 Å². The monoisotopic (exact) mass is 378 g/mol. The van der Waals surface area contributed by atoms with Gasteiger partial charge in [-0.15, -0.1) is 0 Å². The highest BCUT2D eigenvalue weighted by atomic mass is 19.4. The minimum Gasteiger partial charge on any atom is -0.463 e. The molecule has 0 saturated heterocycles. The number of amides is 1. The normalized spacial score (nSPS) is 14.0. The van der Waals surface area contributed by atoms with Crippen molar-refractivity contribution in [2.24, 2.45) is 5.92 Å². The molecule has 0 radical (unpaired) electrons. The van der Waals surface area contributed by atoms with Crippen LogP contribution in [0.1, 0.15) is 32.8 Å². The summed E-state index contributed by atoms with van der Waals surface area (Å²) in [7, 11) is 0. The van der Waals surface area contributed by atoms with Crippen LogP contribution in [0.15, 0.2) is 24.3 Å². The fourth-order valence-corrected chi connectivity index (χ4v) is 2.16. The molecule has 0 saturated carbocycles. The quantitative estimate of drug-likeness (QED) is 0.415. The van der Waals surface area contributed by atoms with Crippen molar-refractivity contribution in [2.75, 3.05) is 6.61 Å². The molecular weight excluding hydrogens is 356 g/mol.